The van der Waals surface area contributed by atoms with Gasteiger partial charge in [0.25, 0.3) is 5.91 Å². The van der Waals surface area contributed by atoms with Gasteiger partial charge in [0.05, 0.1) is 0 Å². The van der Waals surface area contributed by atoms with Gasteiger partial charge in [0.15, 0.2) is 4.99 Å². The minimum absolute atomic E-state index is 0.0820. The first-order chi connectivity index (χ1) is 7.65. The molecule has 2 fully saturated rings. The van der Waals surface area contributed by atoms with E-state index in [-0.39, 0.29) is 5.91 Å². The lowest BCUT2D eigenvalue weighted by Crippen LogP contribution is -2.45. The van der Waals surface area contributed by atoms with E-state index >= 15 is 0 Å². The average Bonchev–Trinajstić information content (AvgIpc) is 3.05. The summed E-state index contributed by atoms with van der Waals surface area (Å²) in [5.74, 6) is 0.728. The molecule has 2 aliphatic carbocycles. The first kappa shape index (κ1) is 11.8. The van der Waals surface area contributed by atoms with E-state index in [9.17, 15) is 4.79 Å². The number of thiocarbonyl (C=S) groups is 1. The molecule has 2 rings (SSSR count). The summed E-state index contributed by atoms with van der Waals surface area (Å²) in [5, 5.41) is 6.10. The van der Waals surface area contributed by atoms with Crippen LogP contribution in [0.1, 0.15) is 45.4 Å². The van der Waals surface area contributed by atoms with Gasteiger partial charge in [0, 0.05) is 12.1 Å². The van der Waals surface area contributed by atoms with E-state index in [0.29, 0.717) is 17.1 Å². The van der Waals surface area contributed by atoms with Crippen molar-refractivity contribution in [3.63, 3.8) is 0 Å². The van der Waals surface area contributed by atoms with Crippen molar-refractivity contribution in [3.8, 4) is 0 Å². The molecule has 0 aliphatic heterocycles. The molecule has 0 unspecified atom stereocenters. The van der Waals surface area contributed by atoms with Gasteiger partial charge in [0.2, 0.25) is 0 Å². The van der Waals surface area contributed by atoms with E-state index in [0.717, 1.165) is 31.6 Å². The van der Waals surface area contributed by atoms with Gasteiger partial charge in [-0.25, -0.2) is 0 Å². The number of amides is 1. The lowest BCUT2D eigenvalue weighted by Gasteiger charge is -2.27. The normalized spacial score (nSPS) is 29.6. The lowest BCUT2D eigenvalue weighted by atomic mass is 9.87. The van der Waals surface area contributed by atoms with E-state index < -0.39 is 0 Å². The van der Waals surface area contributed by atoms with Gasteiger partial charge in [-0.2, -0.15) is 0 Å². The number of rotatable bonds is 2. The summed E-state index contributed by atoms with van der Waals surface area (Å²) in [6, 6.07) is 0.798. The molecule has 0 aromatic carbocycles. The number of carbonyl (C=O) groups is 1. The van der Waals surface area contributed by atoms with Crippen LogP contribution in [0.2, 0.25) is 0 Å². The van der Waals surface area contributed by atoms with E-state index in [1.165, 1.54) is 12.8 Å². The SMILES string of the molecule is CC1CCC(NC(=O)C(=S)NC2CC2)CC1. The maximum atomic E-state index is 11.7. The van der Waals surface area contributed by atoms with Gasteiger partial charge < -0.3 is 10.6 Å². The van der Waals surface area contributed by atoms with Gasteiger partial charge in [-0.15, -0.1) is 0 Å². The van der Waals surface area contributed by atoms with Crippen molar-refractivity contribution in [3.05, 3.63) is 0 Å². The molecular formula is C12H20N2OS. The quantitative estimate of drug-likeness (QED) is 0.723. The Labute approximate surface area is 102 Å². The van der Waals surface area contributed by atoms with Crippen LogP contribution in [-0.2, 0) is 4.79 Å². The van der Waals surface area contributed by atoms with Gasteiger partial charge in [0.1, 0.15) is 0 Å². The highest BCUT2D eigenvalue weighted by Gasteiger charge is 2.26. The minimum atomic E-state index is -0.0820. The first-order valence-electron chi connectivity index (χ1n) is 6.26. The van der Waals surface area contributed by atoms with Crippen molar-refractivity contribution in [2.24, 2.45) is 5.92 Å². The van der Waals surface area contributed by atoms with Crippen molar-refractivity contribution in [2.45, 2.75) is 57.5 Å². The molecule has 0 radical (unpaired) electrons. The molecule has 16 heavy (non-hydrogen) atoms. The Bertz CT molecular complexity index is 281. The van der Waals surface area contributed by atoms with Crippen LogP contribution in [0.5, 0.6) is 0 Å². The van der Waals surface area contributed by atoms with Crippen LogP contribution in [0.25, 0.3) is 0 Å². The predicted octanol–water partition coefficient (Wildman–Crippen LogP) is 1.76. The summed E-state index contributed by atoms with van der Waals surface area (Å²) >= 11 is 5.06. The minimum Gasteiger partial charge on any atom is -0.369 e. The Kier molecular flexibility index (Phi) is 3.79. The molecule has 0 atom stereocenters. The van der Waals surface area contributed by atoms with Crippen LogP contribution in [0.4, 0.5) is 0 Å². The molecule has 1 amide bonds. The summed E-state index contributed by atoms with van der Waals surface area (Å²) in [5.41, 5.74) is 0. The van der Waals surface area contributed by atoms with Gasteiger partial charge >= 0.3 is 0 Å². The zero-order valence-electron chi connectivity index (χ0n) is 9.79. The summed E-state index contributed by atoms with van der Waals surface area (Å²) in [6.07, 6.45) is 6.92. The van der Waals surface area contributed by atoms with Gasteiger partial charge in [-0.1, -0.05) is 19.1 Å². The number of hydrogen-bond donors (Lipinski definition) is 2. The smallest absolute Gasteiger partial charge is 0.278 e. The van der Waals surface area contributed by atoms with Crippen molar-refractivity contribution >= 4 is 23.1 Å². The molecular weight excluding hydrogens is 220 g/mol. The highest BCUT2D eigenvalue weighted by molar-refractivity contribution is 7.82. The highest BCUT2D eigenvalue weighted by atomic mass is 32.1. The zero-order chi connectivity index (χ0) is 11.5. The Morgan fingerprint density at radius 1 is 1.00 bits per heavy atom. The van der Waals surface area contributed by atoms with Crippen LogP contribution in [0.3, 0.4) is 0 Å². The summed E-state index contributed by atoms with van der Waals surface area (Å²) in [6.45, 7) is 2.28. The Hall–Kier alpha value is -0.640. The molecule has 2 N–H and O–H groups in total. The van der Waals surface area contributed by atoms with E-state index in [2.05, 4.69) is 17.6 Å². The monoisotopic (exact) mass is 240 g/mol. The number of carbonyl (C=O) groups excluding carboxylic acids is 1. The fourth-order valence-corrected chi connectivity index (χ4v) is 2.36. The van der Waals surface area contributed by atoms with E-state index in [4.69, 9.17) is 12.2 Å². The molecule has 90 valence electrons. The molecule has 0 spiro atoms. The van der Waals surface area contributed by atoms with Crippen LogP contribution in [0, 0.1) is 5.92 Å². The summed E-state index contributed by atoms with van der Waals surface area (Å²) < 4.78 is 0. The standard InChI is InChI=1S/C12H20N2OS/c1-8-2-4-9(5-3-8)13-11(15)12(16)14-10-6-7-10/h8-10H,2-7H2,1H3,(H,13,15)(H,14,16). The zero-order valence-corrected chi connectivity index (χ0v) is 10.6. The fourth-order valence-electron chi connectivity index (χ4n) is 2.13. The number of nitrogens with one attached hydrogen (secondary N) is 2. The van der Waals surface area contributed by atoms with Crippen LogP contribution in [0.15, 0.2) is 0 Å². The summed E-state index contributed by atoms with van der Waals surface area (Å²) in [7, 11) is 0. The molecule has 2 aliphatic rings. The third kappa shape index (κ3) is 3.44. The molecule has 0 heterocycles. The van der Waals surface area contributed by atoms with Gasteiger partial charge in [-0.05, 0) is 44.4 Å². The third-order valence-corrected chi connectivity index (χ3v) is 3.77. The second-order valence-electron chi connectivity index (χ2n) is 5.18. The molecule has 0 aromatic heterocycles. The topological polar surface area (TPSA) is 41.1 Å². The molecule has 0 bridgehead atoms. The van der Waals surface area contributed by atoms with Crippen molar-refractivity contribution in [2.75, 3.05) is 0 Å². The maximum Gasteiger partial charge on any atom is 0.278 e. The van der Waals surface area contributed by atoms with Crippen molar-refractivity contribution in [1.82, 2.24) is 10.6 Å². The van der Waals surface area contributed by atoms with Crippen LogP contribution < -0.4 is 10.6 Å². The molecule has 4 heteroatoms. The fraction of sp³-hybridized carbons (Fsp3) is 0.833. The van der Waals surface area contributed by atoms with E-state index in [1.807, 2.05) is 0 Å². The summed E-state index contributed by atoms with van der Waals surface area (Å²) in [4.78, 5) is 12.1. The Morgan fingerprint density at radius 3 is 2.06 bits per heavy atom. The number of hydrogen-bond acceptors (Lipinski definition) is 2. The second-order valence-corrected chi connectivity index (χ2v) is 5.59. The Morgan fingerprint density at radius 2 is 1.50 bits per heavy atom. The molecule has 2 saturated carbocycles. The third-order valence-electron chi connectivity index (χ3n) is 3.47. The van der Waals surface area contributed by atoms with Crippen LogP contribution in [-0.4, -0.2) is 23.0 Å². The van der Waals surface area contributed by atoms with E-state index in [1.54, 1.807) is 0 Å². The Balaban J connectivity index is 1.71. The van der Waals surface area contributed by atoms with Crippen molar-refractivity contribution < 1.29 is 4.79 Å². The second kappa shape index (κ2) is 5.13. The largest absolute Gasteiger partial charge is 0.369 e. The maximum absolute atomic E-state index is 11.7. The molecule has 0 saturated heterocycles. The average molecular weight is 240 g/mol. The lowest BCUT2D eigenvalue weighted by molar-refractivity contribution is -0.115. The van der Waals surface area contributed by atoms with Crippen LogP contribution >= 0.6 is 12.2 Å². The molecule has 0 aromatic rings. The first-order valence-corrected chi connectivity index (χ1v) is 6.67. The molecule has 3 nitrogen and oxygen atoms in total. The predicted molar refractivity (Wildman–Crippen MR) is 68.3 cm³/mol. The van der Waals surface area contributed by atoms with Gasteiger partial charge in [-0.3, -0.25) is 4.79 Å². The van der Waals surface area contributed by atoms with Crippen molar-refractivity contribution in [1.29, 1.82) is 0 Å². The highest BCUT2D eigenvalue weighted by Crippen LogP contribution is 2.23.